The summed E-state index contributed by atoms with van der Waals surface area (Å²) in [5.74, 6) is -0.0920. The second-order valence-corrected chi connectivity index (χ2v) is 5.22. The molecule has 1 heterocycles. The van der Waals surface area contributed by atoms with Gasteiger partial charge in [0.1, 0.15) is 0 Å². The highest BCUT2D eigenvalue weighted by Gasteiger charge is 2.16. The van der Waals surface area contributed by atoms with Gasteiger partial charge in [-0.15, -0.1) is 0 Å². The minimum absolute atomic E-state index is 0.0920. The molecule has 0 aromatic carbocycles. The van der Waals surface area contributed by atoms with E-state index in [-0.39, 0.29) is 19.1 Å². The standard InChI is InChI=1S/C15H28O5/c1-17-14(16)11-9-7-5-3-2-4-6-8-10-12-15-18-13-19-20-15/h15H,2-13H2,1H3. The van der Waals surface area contributed by atoms with E-state index in [1.165, 1.54) is 45.6 Å². The predicted molar refractivity (Wildman–Crippen MR) is 74.7 cm³/mol. The number of hydrogen-bond acceptors (Lipinski definition) is 5. The summed E-state index contributed by atoms with van der Waals surface area (Å²) in [7, 11) is 1.44. The van der Waals surface area contributed by atoms with Gasteiger partial charge in [-0.2, -0.15) is 0 Å². The van der Waals surface area contributed by atoms with E-state index in [4.69, 9.17) is 9.62 Å². The Morgan fingerprint density at radius 2 is 1.60 bits per heavy atom. The molecule has 0 aromatic rings. The predicted octanol–water partition coefficient (Wildman–Crippen LogP) is 3.71. The van der Waals surface area contributed by atoms with Crippen LogP contribution in [0, 0.1) is 0 Å². The first kappa shape index (κ1) is 17.4. The summed E-state index contributed by atoms with van der Waals surface area (Å²) in [5.41, 5.74) is 0. The molecule has 5 heteroatoms. The van der Waals surface area contributed by atoms with Crippen molar-refractivity contribution in [3.8, 4) is 0 Å². The zero-order valence-corrected chi connectivity index (χ0v) is 12.6. The summed E-state index contributed by atoms with van der Waals surface area (Å²) in [6.45, 7) is 0.265. The van der Waals surface area contributed by atoms with E-state index in [1.54, 1.807) is 0 Å². The molecule has 0 N–H and O–H groups in total. The molecule has 0 bridgehead atoms. The highest BCUT2D eigenvalue weighted by atomic mass is 17.3. The van der Waals surface area contributed by atoms with Crippen LogP contribution in [0.15, 0.2) is 0 Å². The van der Waals surface area contributed by atoms with Gasteiger partial charge in [-0.3, -0.25) is 4.79 Å². The van der Waals surface area contributed by atoms with E-state index < -0.39 is 0 Å². The highest BCUT2D eigenvalue weighted by Crippen LogP contribution is 2.15. The molecule has 1 atom stereocenters. The minimum atomic E-state index is -0.148. The number of unbranched alkanes of at least 4 members (excludes halogenated alkanes) is 8. The van der Waals surface area contributed by atoms with Crippen LogP contribution >= 0.6 is 0 Å². The van der Waals surface area contributed by atoms with Crippen molar-refractivity contribution in [2.45, 2.75) is 76.9 Å². The van der Waals surface area contributed by atoms with Gasteiger partial charge in [0.25, 0.3) is 0 Å². The first-order chi connectivity index (χ1) is 9.83. The number of esters is 1. The smallest absolute Gasteiger partial charge is 0.305 e. The molecule has 118 valence electrons. The summed E-state index contributed by atoms with van der Waals surface area (Å²) in [5, 5.41) is 0. The molecule has 1 aliphatic rings. The van der Waals surface area contributed by atoms with Crippen LogP contribution in [0.1, 0.15) is 70.6 Å². The van der Waals surface area contributed by atoms with E-state index in [2.05, 4.69) is 9.62 Å². The third-order valence-corrected chi connectivity index (χ3v) is 3.53. The lowest BCUT2D eigenvalue weighted by Gasteiger charge is -2.05. The number of carbonyl (C=O) groups excluding carboxylic acids is 1. The Hall–Kier alpha value is -0.650. The molecule has 0 aromatic heterocycles. The van der Waals surface area contributed by atoms with Gasteiger partial charge in [0, 0.05) is 12.8 Å². The summed E-state index contributed by atoms with van der Waals surface area (Å²) in [6, 6.07) is 0. The number of rotatable bonds is 12. The second-order valence-electron chi connectivity index (χ2n) is 5.22. The third-order valence-electron chi connectivity index (χ3n) is 3.53. The molecule has 1 aliphatic heterocycles. The molecule has 0 aliphatic carbocycles. The van der Waals surface area contributed by atoms with Crippen LogP contribution in [0.3, 0.4) is 0 Å². The van der Waals surface area contributed by atoms with Gasteiger partial charge in [0.05, 0.1) is 7.11 Å². The van der Waals surface area contributed by atoms with Gasteiger partial charge < -0.3 is 9.47 Å². The molecule has 0 spiro atoms. The fourth-order valence-corrected chi connectivity index (χ4v) is 2.29. The lowest BCUT2D eigenvalue weighted by Crippen LogP contribution is -2.06. The molecule has 1 fully saturated rings. The van der Waals surface area contributed by atoms with Gasteiger partial charge in [-0.25, -0.2) is 9.78 Å². The van der Waals surface area contributed by atoms with Crippen molar-refractivity contribution >= 4 is 5.97 Å². The fourth-order valence-electron chi connectivity index (χ4n) is 2.29. The quantitative estimate of drug-likeness (QED) is 0.311. The van der Waals surface area contributed by atoms with Crippen LogP contribution < -0.4 is 0 Å². The van der Waals surface area contributed by atoms with Crippen molar-refractivity contribution in [2.75, 3.05) is 13.9 Å². The van der Waals surface area contributed by atoms with Gasteiger partial charge in [-0.05, 0) is 12.8 Å². The maximum absolute atomic E-state index is 10.9. The molecule has 1 unspecified atom stereocenters. The molecular formula is C15H28O5. The average molecular weight is 288 g/mol. The van der Waals surface area contributed by atoms with Crippen LogP contribution in [0.2, 0.25) is 0 Å². The second kappa shape index (κ2) is 12.1. The Labute approximate surface area is 121 Å². The topological polar surface area (TPSA) is 54.0 Å². The zero-order chi connectivity index (χ0) is 14.5. The van der Waals surface area contributed by atoms with Crippen molar-refractivity contribution in [1.82, 2.24) is 0 Å². The molecular weight excluding hydrogens is 260 g/mol. The molecule has 20 heavy (non-hydrogen) atoms. The Kier molecular flexibility index (Phi) is 10.5. The number of methoxy groups -OCH3 is 1. The van der Waals surface area contributed by atoms with Crippen LogP contribution in [-0.4, -0.2) is 26.2 Å². The Morgan fingerprint density at radius 3 is 2.15 bits per heavy atom. The molecule has 1 saturated heterocycles. The summed E-state index contributed by atoms with van der Waals surface area (Å²) in [6.07, 6.45) is 12.1. The van der Waals surface area contributed by atoms with Crippen LogP contribution in [0.5, 0.6) is 0 Å². The van der Waals surface area contributed by atoms with Gasteiger partial charge in [0.15, 0.2) is 13.1 Å². The Balaban J connectivity index is 1.71. The van der Waals surface area contributed by atoms with Crippen molar-refractivity contribution < 1.29 is 24.0 Å². The third kappa shape index (κ3) is 9.28. The van der Waals surface area contributed by atoms with Crippen molar-refractivity contribution in [1.29, 1.82) is 0 Å². The van der Waals surface area contributed by atoms with Gasteiger partial charge in [-0.1, -0.05) is 44.9 Å². The van der Waals surface area contributed by atoms with Gasteiger partial charge in [0.2, 0.25) is 0 Å². The minimum Gasteiger partial charge on any atom is -0.469 e. The van der Waals surface area contributed by atoms with E-state index in [0.29, 0.717) is 6.42 Å². The number of ether oxygens (including phenoxy) is 2. The van der Waals surface area contributed by atoms with E-state index in [1.807, 2.05) is 0 Å². The SMILES string of the molecule is COC(=O)CCCCCCCCCCCC1OCOO1. The normalized spacial score (nSPS) is 18.4. The number of carbonyl (C=O) groups is 1. The van der Waals surface area contributed by atoms with E-state index >= 15 is 0 Å². The molecule has 1 rings (SSSR count). The maximum atomic E-state index is 10.9. The lowest BCUT2D eigenvalue weighted by molar-refractivity contribution is -0.278. The van der Waals surface area contributed by atoms with Crippen molar-refractivity contribution in [3.63, 3.8) is 0 Å². The summed E-state index contributed by atoms with van der Waals surface area (Å²) < 4.78 is 9.79. The Bertz CT molecular complexity index is 238. The molecule has 5 nitrogen and oxygen atoms in total. The summed E-state index contributed by atoms with van der Waals surface area (Å²) in [4.78, 5) is 20.5. The number of hydrogen-bond donors (Lipinski definition) is 0. The molecule has 0 amide bonds. The zero-order valence-electron chi connectivity index (χ0n) is 12.6. The Morgan fingerprint density at radius 1 is 1.00 bits per heavy atom. The van der Waals surface area contributed by atoms with E-state index in [0.717, 1.165) is 25.7 Å². The molecule has 0 saturated carbocycles. The van der Waals surface area contributed by atoms with Crippen molar-refractivity contribution in [2.24, 2.45) is 0 Å². The van der Waals surface area contributed by atoms with Crippen molar-refractivity contribution in [3.05, 3.63) is 0 Å². The largest absolute Gasteiger partial charge is 0.469 e. The monoisotopic (exact) mass is 288 g/mol. The average Bonchev–Trinajstić information content (AvgIpc) is 2.97. The maximum Gasteiger partial charge on any atom is 0.305 e. The first-order valence-electron chi connectivity index (χ1n) is 7.79. The fraction of sp³-hybridized carbons (Fsp3) is 0.933. The molecule has 0 radical (unpaired) electrons. The van der Waals surface area contributed by atoms with Crippen LogP contribution in [-0.2, 0) is 24.0 Å². The lowest BCUT2D eigenvalue weighted by atomic mass is 10.1. The van der Waals surface area contributed by atoms with Gasteiger partial charge >= 0.3 is 5.97 Å². The van der Waals surface area contributed by atoms with Crippen LogP contribution in [0.25, 0.3) is 0 Å². The summed E-state index contributed by atoms with van der Waals surface area (Å²) >= 11 is 0. The van der Waals surface area contributed by atoms with Crippen LogP contribution in [0.4, 0.5) is 0 Å². The first-order valence-corrected chi connectivity index (χ1v) is 7.79. The highest BCUT2D eigenvalue weighted by molar-refractivity contribution is 5.68. The van der Waals surface area contributed by atoms with E-state index in [9.17, 15) is 4.79 Å².